The van der Waals surface area contributed by atoms with E-state index in [9.17, 15) is 14.7 Å². The largest absolute Gasteiger partial charge is 0.507 e. The zero-order valence-electron chi connectivity index (χ0n) is 21.2. The van der Waals surface area contributed by atoms with Gasteiger partial charge in [0.2, 0.25) is 5.75 Å². The van der Waals surface area contributed by atoms with Crippen LogP contribution in [0.2, 0.25) is 5.02 Å². The van der Waals surface area contributed by atoms with Gasteiger partial charge in [-0.1, -0.05) is 11.6 Å². The van der Waals surface area contributed by atoms with Crippen LogP contribution in [0, 0.1) is 0 Å². The SMILES string of the molecule is COc1cc([C@@H]2C(=C(O)c3ccc(Cl)cc3)C(=O)C(=O)N2CCCN2CCOCC2)cc(OC)c1OC. The quantitative estimate of drug-likeness (QED) is 0.299. The number of ketones is 1. The lowest BCUT2D eigenvalue weighted by atomic mass is 9.94. The van der Waals surface area contributed by atoms with Crippen LogP contribution in [0.25, 0.3) is 5.76 Å². The van der Waals surface area contributed by atoms with Crippen molar-refractivity contribution < 1.29 is 33.6 Å². The van der Waals surface area contributed by atoms with Gasteiger partial charge in [-0.15, -0.1) is 0 Å². The molecule has 0 bridgehead atoms. The van der Waals surface area contributed by atoms with Gasteiger partial charge in [0.05, 0.1) is 46.2 Å². The number of methoxy groups -OCH3 is 3. The van der Waals surface area contributed by atoms with Gasteiger partial charge >= 0.3 is 0 Å². The summed E-state index contributed by atoms with van der Waals surface area (Å²) in [6, 6.07) is 8.98. The van der Waals surface area contributed by atoms with Gasteiger partial charge in [0.15, 0.2) is 11.5 Å². The number of halogens is 1. The Hall–Kier alpha value is -3.27. The molecule has 37 heavy (non-hydrogen) atoms. The Kier molecular flexibility index (Phi) is 8.58. The van der Waals surface area contributed by atoms with E-state index < -0.39 is 17.7 Å². The molecule has 198 valence electrons. The highest BCUT2D eigenvalue weighted by atomic mass is 35.5. The molecule has 2 aromatic carbocycles. The summed E-state index contributed by atoms with van der Waals surface area (Å²) in [6.07, 6.45) is 0.648. The number of ether oxygens (including phenoxy) is 4. The zero-order chi connectivity index (χ0) is 26.5. The number of rotatable bonds is 9. The van der Waals surface area contributed by atoms with Crippen molar-refractivity contribution >= 4 is 29.1 Å². The maximum atomic E-state index is 13.3. The number of benzene rings is 2. The van der Waals surface area contributed by atoms with E-state index >= 15 is 0 Å². The number of aliphatic hydroxyl groups is 1. The minimum absolute atomic E-state index is 0.00651. The Labute approximate surface area is 221 Å². The summed E-state index contributed by atoms with van der Waals surface area (Å²) in [5.74, 6) is -0.557. The predicted octanol–water partition coefficient (Wildman–Crippen LogP) is 3.51. The van der Waals surface area contributed by atoms with Crippen LogP contribution < -0.4 is 14.2 Å². The molecule has 0 unspecified atom stereocenters. The molecule has 0 saturated carbocycles. The molecule has 0 spiro atoms. The van der Waals surface area contributed by atoms with Crippen molar-refractivity contribution in [1.29, 1.82) is 0 Å². The molecule has 2 saturated heterocycles. The van der Waals surface area contributed by atoms with Gasteiger partial charge in [-0.25, -0.2) is 0 Å². The Bertz CT molecular complexity index is 1150. The summed E-state index contributed by atoms with van der Waals surface area (Å²) in [5, 5.41) is 11.7. The van der Waals surface area contributed by atoms with Crippen molar-refractivity contribution in [1.82, 2.24) is 9.80 Å². The van der Waals surface area contributed by atoms with E-state index in [-0.39, 0.29) is 11.3 Å². The summed E-state index contributed by atoms with van der Waals surface area (Å²) in [6.45, 7) is 4.08. The third kappa shape index (κ3) is 5.53. The van der Waals surface area contributed by atoms with Gasteiger partial charge in [-0.2, -0.15) is 0 Å². The van der Waals surface area contributed by atoms with Crippen molar-refractivity contribution in [2.45, 2.75) is 12.5 Å². The summed E-state index contributed by atoms with van der Waals surface area (Å²) in [5.41, 5.74) is 0.928. The number of nitrogens with zero attached hydrogens (tertiary/aromatic N) is 2. The second-order valence-corrected chi connectivity index (χ2v) is 9.20. The number of carbonyl (C=O) groups is 2. The zero-order valence-corrected chi connectivity index (χ0v) is 21.9. The summed E-state index contributed by atoms with van der Waals surface area (Å²) in [4.78, 5) is 30.4. The van der Waals surface area contributed by atoms with Crippen LogP contribution in [0.5, 0.6) is 17.2 Å². The molecule has 10 heteroatoms. The molecule has 0 aromatic heterocycles. The molecule has 9 nitrogen and oxygen atoms in total. The van der Waals surface area contributed by atoms with Crippen LogP contribution in [-0.4, -0.2) is 87.3 Å². The molecular weight excluding hydrogens is 500 g/mol. The van der Waals surface area contributed by atoms with E-state index in [1.165, 1.54) is 26.2 Å². The van der Waals surface area contributed by atoms with E-state index in [1.54, 1.807) is 36.4 Å². The molecule has 1 N–H and O–H groups in total. The summed E-state index contributed by atoms with van der Waals surface area (Å²) >= 11 is 6.01. The van der Waals surface area contributed by atoms with Crippen LogP contribution in [0.1, 0.15) is 23.6 Å². The third-order valence-corrected chi connectivity index (χ3v) is 6.89. The molecular formula is C27H31ClN2O7. The van der Waals surface area contributed by atoms with E-state index in [0.717, 1.165) is 19.6 Å². The van der Waals surface area contributed by atoms with Crippen molar-refractivity contribution in [3.8, 4) is 17.2 Å². The molecule has 2 fully saturated rings. The normalized spacial score (nSPS) is 19.8. The third-order valence-electron chi connectivity index (χ3n) is 6.64. The van der Waals surface area contributed by atoms with Gasteiger partial charge in [0.25, 0.3) is 11.7 Å². The molecule has 2 heterocycles. The lowest BCUT2D eigenvalue weighted by Gasteiger charge is -2.29. The van der Waals surface area contributed by atoms with Crippen LogP contribution in [0.4, 0.5) is 0 Å². The first-order valence-electron chi connectivity index (χ1n) is 12.0. The monoisotopic (exact) mass is 530 g/mol. The number of hydrogen-bond acceptors (Lipinski definition) is 8. The Morgan fingerprint density at radius 3 is 2.19 bits per heavy atom. The smallest absolute Gasteiger partial charge is 0.295 e. The van der Waals surface area contributed by atoms with E-state index in [2.05, 4.69) is 4.90 Å². The second kappa shape index (κ2) is 11.9. The van der Waals surface area contributed by atoms with E-state index in [0.29, 0.717) is 59.6 Å². The molecule has 4 rings (SSSR count). The lowest BCUT2D eigenvalue weighted by molar-refractivity contribution is -0.140. The van der Waals surface area contributed by atoms with Crippen molar-refractivity contribution in [3.05, 3.63) is 58.1 Å². The van der Waals surface area contributed by atoms with Crippen LogP contribution in [0.3, 0.4) is 0 Å². The van der Waals surface area contributed by atoms with Gasteiger partial charge < -0.3 is 29.0 Å². The standard InChI is InChI=1S/C27H31ClN2O7/c1-34-20-15-18(16-21(35-2)26(20)36-3)23-22(24(31)17-5-7-19(28)8-6-17)25(32)27(33)30(23)10-4-9-29-11-13-37-14-12-29/h5-8,15-16,23,31H,4,9-14H2,1-3H3/t23-/m1/s1. The Morgan fingerprint density at radius 2 is 1.62 bits per heavy atom. The first-order valence-corrected chi connectivity index (χ1v) is 12.4. The first-order chi connectivity index (χ1) is 17.9. The van der Waals surface area contributed by atoms with Gasteiger partial charge in [0, 0.05) is 36.8 Å². The number of amides is 1. The summed E-state index contributed by atoms with van der Waals surface area (Å²) < 4.78 is 21.9. The predicted molar refractivity (Wildman–Crippen MR) is 138 cm³/mol. The minimum Gasteiger partial charge on any atom is -0.507 e. The number of hydrogen-bond donors (Lipinski definition) is 1. The number of morpholine rings is 1. The van der Waals surface area contributed by atoms with E-state index in [4.69, 9.17) is 30.5 Å². The fourth-order valence-corrected chi connectivity index (χ4v) is 4.90. The van der Waals surface area contributed by atoms with Crippen molar-refractivity contribution in [3.63, 3.8) is 0 Å². The highest BCUT2D eigenvalue weighted by molar-refractivity contribution is 6.46. The maximum Gasteiger partial charge on any atom is 0.295 e. The molecule has 2 aliphatic heterocycles. The second-order valence-electron chi connectivity index (χ2n) is 8.77. The van der Waals surface area contributed by atoms with Crippen LogP contribution in [0.15, 0.2) is 42.0 Å². The molecule has 1 amide bonds. The fourth-order valence-electron chi connectivity index (χ4n) is 4.77. The lowest BCUT2D eigenvalue weighted by Crippen LogP contribution is -2.39. The van der Waals surface area contributed by atoms with Crippen molar-refractivity contribution in [2.75, 3.05) is 60.7 Å². The topological polar surface area (TPSA) is 97.8 Å². The van der Waals surface area contributed by atoms with Crippen molar-refractivity contribution in [2.24, 2.45) is 0 Å². The molecule has 2 aliphatic rings. The van der Waals surface area contributed by atoms with E-state index in [1.807, 2.05) is 0 Å². The average molecular weight is 531 g/mol. The molecule has 0 aliphatic carbocycles. The van der Waals surface area contributed by atoms with Crippen LogP contribution in [-0.2, 0) is 14.3 Å². The Morgan fingerprint density at radius 1 is 1.00 bits per heavy atom. The van der Waals surface area contributed by atoms with Gasteiger partial charge in [-0.3, -0.25) is 14.5 Å². The molecule has 0 radical (unpaired) electrons. The molecule has 1 atom stereocenters. The first kappa shape index (κ1) is 26.8. The summed E-state index contributed by atoms with van der Waals surface area (Å²) in [7, 11) is 4.49. The number of aliphatic hydroxyl groups excluding tert-OH is 1. The molecule has 2 aromatic rings. The minimum atomic E-state index is -0.853. The number of likely N-dealkylation sites (tertiary alicyclic amines) is 1. The van der Waals surface area contributed by atoms with Gasteiger partial charge in [-0.05, 0) is 48.4 Å². The van der Waals surface area contributed by atoms with Crippen LogP contribution >= 0.6 is 11.6 Å². The average Bonchev–Trinajstić information content (AvgIpc) is 3.17. The Balaban J connectivity index is 1.77. The highest BCUT2D eigenvalue weighted by Gasteiger charge is 2.46. The number of Topliss-reactive ketones (excluding diaryl/α,β-unsaturated/α-hetero) is 1. The fraction of sp³-hybridized carbons (Fsp3) is 0.407. The van der Waals surface area contributed by atoms with Gasteiger partial charge in [0.1, 0.15) is 5.76 Å². The number of carbonyl (C=O) groups excluding carboxylic acids is 2. The highest BCUT2D eigenvalue weighted by Crippen LogP contribution is 2.45. The maximum absolute atomic E-state index is 13.3.